The molecule has 0 fully saturated rings. The fraction of sp³-hybridized carbons (Fsp3) is 0.100. The van der Waals surface area contributed by atoms with Crippen LogP contribution in [0.2, 0.25) is 0 Å². The van der Waals surface area contributed by atoms with E-state index in [9.17, 15) is 0 Å². The summed E-state index contributed by atoms with van der Waals surface area (Å²) in [5.41, 5.74) is 0.902. The molecule has 2 aromatic rings. The van der Waals surface area contributed by atoms with Crippen molar-refractivity contribution in [1.29, 1.82) is 0 Å². The van der Waals surface area contributed by atoms with Crippen LogP contribution in [0.1, 0.15) is 0 Å². The molecule has 2 rings (SSSR count). The van der Waals surface area contributed by atoms with Crippen molar-refractivity contribution < 1.29 is 4.74 Å². The van der Waals surface area contributed by atoms with Crippen molar-refractivity contribution in [3.8, 4) is 5.75 Å². The van der Waals surface area contributed by atoms with E-state index in [-0.39, 0.29) is 0 Å². The van der Waals surface area contributed by atoms with Crippen molar-refractivity contribution in [2.24, 2.45) is 0 Å². The second-order valence-corrected chi connectivity index (χ2v) is 4.45. The van der Waals surface area contributed by atoms with Gasteiger partial charge in [0.25, 0.3) is 0 Å². The predicted octanol–water partition coefficient (Wildman–Crippen LogP) is 3.77. The second-order valence-electron chi connectivity index (χ2n) is 2.78. The lowest BCUT2D eigenvalue weighted by atomic mass is 10.2. The summed E-state index contributed by atoms with van der Waals surface area (Å²) in [6.07, 6.45) is 0. The Bertz CT molecular complexity index is 485. The minimum atomic E-state index is 0.818. The quantitative estimate of drug-likeness (QED) is 0.747. The zero-order valence-corrected chi connectivity index (χ0v) is 10.6. The molecule has 0 radical (unpaired) electrons. The Morgan fingerprint density at radius 2 is 1.93 bits per heavy atom. The van der Waals surface area contributed by atoms with Gasteiger partial charge < -0.3 is 4.74 Å². The van der Waals surface area contributed by atoms with E-state index in [1.54, 1.807) is 7.11 Å². The molecule has 0 bridgehead atoms. The van der Waals surface area contributed by atoms with Crippen LogP contribution in [0, 0.1) is 0 Å². The maximum absolute atomic E-state index is 5.25. The average Bonchev–Trinajstić information content (AvgIpc) is 2.19. The Kier molecular flexibility index (Phi) is 2.74. The number of hydrogen-bond acceptors (Lipinski definition) is 2. The first kappa shape index (κ1) is 9.93. The number of ether oxygens (including phenoxy) is 1. The third-order valence-electron chi connectivity index (χ3n) is 1.95. The van der Waals surface area contributed by atoms with Gasteiger partial charge in [-0.1, -0.05) is 0 Å². The van der Waals surface area contributed by atoms with Gasteiger partial charge in [0.05, 0.1) is 12.6 Å². The minimum Gasteiger partial charge on any atom is -0.496 e. The predicted molar refractivity (Wildman–Crippen MR) is 63.7 cm³/mol. The minimum absolute atomic E-state index is 0.818. The second kappa shape index (κ2) is 3.87. The Labute approximate surface area is 98.5 Å². The lowest BCUT2D eigenvalue weighted by Gasteiger charge is -2.06. The highest BCUT2D eigenvalue weighted by Crippen LogP contribution is 2.31. The van der Waals surface area contributed by atoms with Gasteiger partial charge in [-0.15, -0.1) is 0 Å². The lowest BCUT2D eigenvalue weighted by Crippen LogP contribution is -1.87. The summed E-state index contributed by atoms with van der Waals surface area (Å²) in [4.78, 5) is 4.37. The van der Waals surface area contributed by atoms with Gasteiger partial charge in [0.1, 0.15) is 10.4 Å². The molecular weight excluding hydrogens is 310 g/mol. The number of rotatable bonds is 1. The lowest BCUT2D eigenvalue weighted by molar-refractivity contribution is 0.419. The maximum atomic E-state index is 5.25. The van der Waals surface area contributed by atoms with Crippen LogP contribution in [0.5, 0.6) is 5.75 Å². The molecule has 2 nitrogen and oxygen atoms in total. The molecule has 0 unspecified atom stereocenters. The first-order valence-electron chi connectivity index (χ1n) is 4.01. The van der Waals surface area contributed by atoms with Crippen LogP contribution in [0.3, 0.4) is 0 Å². The molecule has 4 heteroatoms. The van der Waals surface area contributed by atoms with Gasteiger partial charge in [-0.3, -0.25) is 0 Å². The zero-order chi connectivity index (χ0) is 10.1. The summed E-state index contributed by atoms with van der Waals surface area (Å²) in [5.74, 6) is 0.836. The van der Waals surface area contributed by atoms with Crippen LogP contribution in [0.15, 0.2) is 33.3 Å². The van der Waals surface area contributed by atoms with E-state index in [0.717, 1.165) is 25.7 Å². The van der Waals surface area contributed by atoms with Crippen molar-refractivity contribution in [3.63, 3.8) is 0 Å². The molecule has 0 atom stereocenters. The maximum Gasteiger partial charge on any atom is 0.128 e. The van der Waals surface area contributed by atoms with Gasteiger partial charge in [0.2, 0.25) is 0 Å². The Morgan fingerprint density at radius 1 is 1.14 bits per heavy atom. The van der Waals surface area contributed by atoms with Crippen LogP contribution in [0.4, 0.5) is 0 Å². The van der Waals surface area contributed by atoms with Crippen molar-refractivity contribution in [3.05, 3.63) is 33.3 Å². The van der Waals surface area contributed by atoms with E-state index in [4.69, 9.17) is 4.74 Å². The highest BCUT2D eigenvalue weighted by Gasteiger charge is 2.05. The first-order valence-corrected chi connectivity index (χ1v) is 5.59. The summed E-state index contributed by atoms with van der Waals surface area (Å²) in [6.45, 7) is 0. The average molecular weight is 317 g/mol. The van der Waals surface area contributed by atoms with Crippen molar-refractivity contribution >= 4 is 42.8 Å². The molecule has 0 saturated carbocycles. The smallest absolute Gasteiger partial charge is 0.128 e. The third-order valence-corrected chi connectivity index (χ3v) is 3.04. The molecule has 0 amide bonds. The van der Waals surface area contributed by atoms with Crippen LogP contribution in [-0.2, 0) is 0 Å². The van der Waals surface area contributed by atoms with Crippen molar-refractivity contribution in [2.75, 3.05) is 7.11 Å². The van der Waals surface area contributed by atoms with Crippen LogP contribution in [0.25, 0.3) is 10.9 Å². The third kappa shape index (κ3) is 1.64. The molecule has 1 aromatic heterocycles. The largest absolute Gasteiger partial charge is 0.496 e. The summed E-state index contributed by atoms with van der Waals surface area (Å²) in [7, 11) is 1.66. The number of benzene rings is 1. The summed E-state index contributed by atoms with van der Waals surface area (Å²) in [5, 5.41) is 1.00. The molecule has 0 aliphatic carbocycles. The summed E-state index contributed by atoms with van der Waals surface area (Å²) in [6, 6.07) is 7.73. The van der Waals surface area contributed by atoms with Gasteiger partial charge in [0.15, 0.2) is 0 Å². The number of halogens is 2. The topological polar surface area (TPSA) is 22.1 Å². The number of aromatic nitrogens is 1. The van der Waals surface area contributed by atoms with Crippen LogP contribution >= 0.6 is 31.9 Å². The summed E-state index contributed by atoms with van der Waals surface area (Å²) < 4.78 is 7.03. The number of pyridine rings is 1. The van der Waals surface area contributed by atoms with Gasteiger partial charge in [0, 0.05) is 9.86 Å². The Hall–Kier alpha value is -0.610. The number of hydrogen-bond donors (Lipinski definition) is 0. The molecule has 0 aliphatic heterocycles. The number of methoxy groups -OCH3 is 1. The molecule has 0 aliphatic rings. The van der Waals surface area contributed by atoms with Crippen molar-refractivity contribution in [1.82, 2.24) is 4.98 Å². The fourth-order valence-corrected chi connectivity index (χ4v) is 2.06. The molecule has 1 heterocycles. The SMILES string of the molecule is COc1ccc(Br)c2nc(Br)ccc12. The highest BCUT2D eigenvalue weighted by molar-refractivity contribution is 9.11. The fourth-order valence-electron chi connectivity index (χ4n) is 1.31. The van der Waals surface area contributed by atoms with Gasteiger partial charge in [-0.05, 0) is 56.1 Å². The first-order chi connectivity index (χ1) is 6.72. The molecule has 1 aromatic carbocycles. The van der Waals surface area contributed by atoms with E-state index in [1.165, 1.54) is 0 Å². The van der Waals surface area contributed by atoms with Gasteiger partial charge in [-0.25, -0.2) is 4.98 Å². The van der Waals surface area contributed by atoms with E-state index in [2.05, 4.69) is 36.8 Å². The van der Waals surface area contributed by atoms with Gasteiger partial charge >= 0.3 is 0 Å². The summed E-state index contributed by atoms with van der Waals surface area (Å²) >= 11 is 6.80. The number of nitrogens with zero attached hydrogens (tertiary/aromatic N) is 1. The van der Waals surface area contributed by atoms with E-state index < -0.39 is 0 Å². The van der Waals surface area contributed by atoms with Crippen LogP contribution < -0.4 is 4.74 Å². The van der Waals surface area contributed by atoms with E-state index in [0.29, 0.717) is 0 Å². The standard InChI is InChI=1S/C10H7Br2NO/c1-14-8-4-3-7(11)10-6(8)2-5-9(12)13-10/h2-5H,1H3. The Morgan fingerprint density at radius 3 is 2.64 bits per heavy atom. The van der Waals surface area contributed by atoms with E-state index >= 15 is 0 Å². The normalized spacial score (nSPS) is 10.5. The van der Waals surface area contributed by atoms with Crippen LogP contribution in [-0.4, -0.2) is 12.1 Å². The molecular formula is C10H7Br2NO. The molecule has 0 N–H and O–H groups in total. The number of fused-ring (bicyclic) bond motifs is 1. The molecule has 14 heavy (non-hydrogen) atoms. The molecule has 0 saturated heterocycles. The monoisotopic (exact) mass is 315 g/mol. The van der Waals surface area contributed by atoms with E-state index in [1.807, 2.05) is 24.3 Å². The molecule has 0 spiro atoms. The van der Waals surface area contributed by atoms with Crippen molar-refractivity contribution in [2.45, 2.75) is 0 Å². The highest BCUT2D eigenvalue weighted by atomic mass is 79.9. The zero-order valence-electron chi connectivity index (χ0n) is 7.42. The molecule has 72 valence electrons. The van der Waals surface area contributed by atoms with Gasteiger partial charge in [-0.2, -0.15) is 0 Å². The Balaban J connectivity index is 2.84.